The standard InChI is InChI=1S/C21H22N6O3/c1-14-11-15(2)26(24-14)20-8-6-17(13-22-20)23-21(28)16-5-7-18(19(12-16)27(29)30)25-9-3-4-10-25/h5-8,11-13H,3-4,9-10H2,1-2H3,(H,23,28). The highest BCUT2D eigenvalue weighted by Gasteiger charge is 2.24. The number of nitrogens with zero attached hydrogens (tertiary/aromatic N) is 5. The van der Waals surface area contributed by atoms with Crippen molar-refractivity contribution in [3.63, 3.8) is 0 Å². The van der Waals surface area contributed by atoms with E-state index in [1.807, 2.05) is 24.8 Å². The second-order valence-electron chi connectivity index (χ2n) is 7.35. The summed E-state index contributed by atoms with van der Waals surface area (Å²) in [5, 5.41) is 18.7. The summed E-state index contributed by atoms with van der Waals surface area (Å²) < 4.78 is 1.72. The minimum absolute atomic E-state index is 0.0532. The minimum Gasteiger partial charge on any atom is -0.366 e. The number of aryl methyl sites for hydroxylation is 2. The SMILES string of the molecule is Cc1cc(C)n(-c2ccc(NC(=O)c3ccc(N4CCCC4)c([N+](=O)[O-])c3)cn2)n1. The Bertz CT molecular complexity index is 1100. The van der Waals surface area contributed by atoms with E-state index in [9.17, 15) is 14.9 Å². The fraction of sp³-hybridized carbons (Fsp3) is 0.286. The van der Waals surface area contributed by atoms with Crippen molar-refractivity contribution in [2.45, 2.75) is 26.7 Å². The molecule has 0 saturated carbocycles. The summed E-state index contributed by atoms with van der Waals surface area (Å²) in [4.78, 5) is 30.1. The summed E-state index contributed by atoms with van der Waals surface area (Å²) >= 11 is 0. The van der Waals surface area contributed by atoms with E-state index >= 15 is 0 Å². The van der Waals surface area contributed by atoms with Crippen LogP contribution in [-0.2, 0) is 0 Å². The first-order valence-corrected chi connectivity index (χ1v) is 9.77. The van der Waals surface area contributed by atoms with Crippen molar-refractivity contribution in [1.82, 2.24) is 14.8 Å². The van der Waals surface area contributed by atoms with Crippen molar-refractivity contribution >= 4 is 23.0 Å². The average molecular weight is 406 g/mol. The van der Waals surface area contributed by atoms with Crippen LogP contribution in [0.1, 0.15) is 34.6 Å². The first-order valence-electron chi connectivity index (χ1n) is 9.77. The van der Waals surface area contributed by atoms with Crippen LogP contribution in [0.3, 0.4) is 0 Å². The fourth-order valence-corrected chi connectivity index (χ4v) is 3.69. The molecule has 1 saturated heterocycles. The van der Waals surface area contributed by atoms with Gasteiger partial charge in [-0.15, -0.1) is 0 Å². The third kappa shape index (κ3) is 3.86. The quantitative estimate of drug-likeness (QED) is 0.512. The van der Waals surface area contributed by atoms with Crippen LogP contribution in [-0.4, -0.2) is 38.7 Å². The number of hydrogen-bond acceptors (Lipinski definition) is 6. The Hall–Kier alpha value is -3.75. The second-order valence-corrected chi connectivity index (χ2v) is 7.35. The molecule has 1 N–H and O–H groups in total. The van der Waals surface area contributed by atoms with Gasteiger partial charge in [-0.1, -0.05) is 0 Å². The second kappa shape index (κ2) is 7.94. The van der Waals surface area contributed by atoms with Gasteiger partial charge < -0.3 is 10.2 Å². The topological polar surface area (TPSA) is 106 Å². The van der Waals surface area contributed by atoms with Gasteiger partial charge in [-0.3, -0.25) is 14.9 Å². The molecule has 0 spiro atoms. The highest BCUT2D eigenvalue weighted by Crippen LogP contribution is 2.31. The van der Waals surface area contributed by atoms with E-state index in [2.05, 4.69) is 15.4 Å². The van der Waals surface area contributed by atoms with Gasteiger partial charge in [0.2, 0.25) is 0 Å². The maximum atomic E-state index is 12.6. The van der Waals surface area contributed by atoms with Crippen LogP contribution in [0.25, 0.3) is 5.82 Å². The zero-order valence-corrected chi connectivity index (χ0v) is 16.8. The van der Waals surface area contributed by atoms with Gasteiger partial charge in [0.05, 0.1) is 22.5 Å². The number of anilines is 2. The van der Waals surface area contributed by atoms with Gasteiger partial charge in [-0.25, -0.2) is 9.67 Å². The summed E-state index contributed by atoms with van der Waals surface area (Å²) in [6, 6.07) is 10.0. The number of pyridine rings is 1. The molecule has 3 heterocycles. The van der Waals surface area contributed by atoms with Gasteiger partial charge in [0, 0.05) is 30.4 Å². The van der Waals surface area contributed by atoms with Crippen LogP contribution in [0.2, 0.25) is 0 Å². The minimum atomic E-state index is -0.435. The van der Waals surface area contributed by atoms with Crippen molar-refractivity contribution in [3.05, 3.63) is 69.7 Å². The van der Waals surface area contributed by atoms with Crippen molar-refractivity contribution in [3.8, 4) is 5.82 Å². The Balaban J connectivity index is 1.53. The number of carbonyl (C=O) groups excluding carboxylic acids is 1. The third-order valence-corrected chi connectivity index (χ3v) is 5.11. The predicted molar refractivity (Wildman–Crippen MR) is 113 cm³/mol. The molecule has 30 heavy (non-hydrogen) atoms. The van der Waals surface area contributed by atoms with Crippen LogP contribution in [0, 0.1) is 24.0 Å². The molecule has 1 amide bonds. The molecule has 2 aromatic heterocycles. The van der Waals surface area contributed by atoms with Gasteiger partial charge in [0.15, 0.2) is 5.82 Å². The maximum Gasteiger partial charge on any atom is 0.293 e. The maximum absolute atomic E-state index is 12.6. The molecule has 1 aliphatic heterocycles. The number of nitrogens with one attached hydrogen (secondary N) is 1. The molecule has 0 radical (unpaired) electrons. The highest BCUT2D eigenvalue weighted by molar-refractivity contribution is 6.05. The summed E-state index contributed by atoms with van der Waals surface area (Å²) in [7, 11) is 0. The van der Waals surface area contributed by atoms with Gasteiger partial charge in [-0.2, -0.15) is 5.10 Å². The lowest BCUT2D eigenvalue weighted by Crippen LogP contribution is -2.20. The lowest BCUT2D eigenvalue weighted by Gasteiger charge is -2.17. The molecule has 0 unspecified atom stereocenters. The van der Waals surface area contributed by atoms with Crippen LogP contribution < -0.4 is 10.2 Å². The molecule has 0 atom stereocenters. The summed E-state index contributed by atoms with van der Waals surface area (Å²) in [6.07, 6.45) is 3.57. The third-order valence-electron chi connectivity index (χ3n) is 5.11. The highest BCUT2D eigenvalue weighted by atomic mass is 16.6. The summed E-state index contributed by atoms with van der Waals surface area (Å²) in [5.41, 5.74) is 3.09. The van der Waals surface area contributed by atoms with Gasteiger partial charge in [0.1, 0.15) is 5.69 Å². The van der Waals surface area contributed by atoms with Crippen LogP contribution >= 0.6 is 0 Å². The molecule has 1 fully saturated rings. The smallest absolute Gasteiger partial charge is 0.293 e. The lowest BCUT2D eigenvalue weighted by molar-refractivity contribution is -0.384. The number of carbonyl (C=O) groups is 1. The molecule has 0 bridgehead atoms. The van der Waals surface area contributed by atoms with E-state index < -0.39 is 10.8 Å². The molecule has 1 aromatic carbocycles. The zero-order valence-electron chi connectivity index (χ0n) is 16.8. The summed E-state index contributed by atoms with van der Waals surface area (Å²) in [5.74, 6) is 0.218. The van der Waals surface area contributed by atoms with Crippen molar-refractivity contribution in [1.29, 1.82) is 0 Å². The molecular formula is C21H22N6O3. The zero-order chi connectivity index (χ0) is 21.3. The Morgan fingerprint density at radius 1 is 1.13 bits per heavy atom. The molecule has 9 nitrogen and oxygen atoms in total. The van der Waals surface area contributed by atoms with E-state index in [1.165, 1.54) is 12.3 Å². The van der Waals surface area contributed by atoms with Crippen LogP contribution in [0.15, 0.2) is 42.6 Å². The molecule has 0 aliphatic carbocycles. The Morgan fingerprint density at radius 3 is 2.50 bits per heavy atom. The van der Waals surface area contributed by atoms with Crippen molar-refractivity contribution in [2.75, 3.05) is 23.3 Å². The van der Waals surface area contributed by atoms with E-state index in [0.717, 1.165) is 37.3 Å². The first kappa shape index (κ1) is 19.6. The molecule has 4 rings (SSSR count). The first-order chi connectivity index (χ1) is 14.4. The number of nitro groups is 1. The van der Waals surface area contributed by atoms with Gasteiger partial charge >= 0.3 is 0 Å². The van der Waals surface area contributed by atoms with Crippen molar-refractivity contribution in [2.24, 2.45) is 0 Å². The van der Waals surface area contributed by atoms with Crippen LogP contribution in [0.5, 0.6) is 0 Å². The summed E-state index contributed by atoms with van der Waals surface area (Å²) in [6.45, 7) is 5.43. The van der Waals surface area contributed by atoms with E-state index in [0.29, 0.717) is 17.2 Å². The van der Waals surface area contributed by atoms with Gasteiger partial charge in [-0.05, 0) is 57.0 Å². The van der Waals surface area contributed by atoms with Crippen molar-refractivity contribution < 1.29 is 9.72 Å². The van der Waals surface area contributed by atoms with E-state index in [4.69, 9.17) is 0 Å². The largest absolute Gasteiger partial charge is 0.366 e. The number of benzene rings is 1. The molecule has 9 heteroatoms. The molecule has 1 aliphatic rings. The van der Waals surface area contributed by atoms with Crippen LogP contribution in [0.4, 0.5) is 17.1 Å². The number of aromatic nitrogens is 3. The molecule has 3 aromatic rings. The Morgan fingerprint density at radius 2 is 1.90 bits per heavy atom. The molecule has 154 valence electrons. The van der Waals surface area contributed by atoms with E-state index in [1.54, 1.807) is 28.9 Å². The monoisotopic (exact) mass is 406 g/mol. The van der Waals surface area contributed by atoms with E-state index in [-0.39, 0.29) is 11.3 Å². The normalized spacial score (nSPS) is 13.5. The average Bonchev–Trinajstić information content (AvgIpc) is 3.37. The van der Waals surface area contributed by atoms with Gasteiger partial charge in [0.25, 0.3) is 11.6 Å². The Labute approximate surface area is 173 Å². The number of hydrogen-bond donors (Lipinski definition) is 1. The number of amides is 1. The lowest BCUT2D eigenvalue weighted by atomic mass is 10.1. The fourth-order valence-electron chi connectivity index (χ4n) is 3.69. The Kier molecular flexibility index (Phi) is 5.18. The predicted octanol–water partition coefficient (Wildman–Crippen LogP) is 3.64. The molecular weight excluding hydrogens is 384 g/mol. The number of nitro benzene ring substituents is 1. The number of rotatable bonds is 5.